The van der Waals surface area contributed by atoms with Gasteiger partial charge in [0.1, 0.15) is 5.82 Å². The zero-order valence-electron chi connectivity index (χ0n) is 15.7. The molecule has 0 amide bonds. The van der Waals surface area contributed by atoms with E-state index in [-0.39, 0.29) is 29.8 Å². The minimum absolute atomic E-state index is 0. The lowest BCUT2D eigenvalue weighted by Crippen LogP contribution is -2.47. The fourth-order valence-electron chi connectivity index (χ4n) is 3.03. The number of rotatable bonds is 8. The highest BCUT2D eigenvalue weighted by molar-refractivity contribution is 14.0. The van der Waals surface area contributed by atoms with E-state index in [1.807, 2.05) is 12.1 Å². The first-order valence-corrected chi connectivity index (χ1v) is 9.04. The van der Waals surface area contributed by atoms with Gasteiger partial charge in [-0.3, -0.25) is 4.99 Å². The van der Waals surface area contributed by atoms with Crippen molar-refractivity contribution in [2.45, 2.75) is 31.8 Å². The summed E-state index contributed by atoms with van der Waals surface area (Å²) in [5.41, 5.74) is 0.730. The van der Waals surface area contributed by atoms with E-state index < -0.39 is 0 Å². The lowest BCUT2D eigenvalue weighted by atomic mass is 10.1. The molecule has 0 bridgehead atoms. The van der Waals surface area contributed by atoms with E-state index in [1.54, 1.807) is 20.2 Å². The van der Waals surface area contributed by atoms with Gasteiger partial charge in [0.2, 0.25) is 0 Å². The number of piperidine rings is 1. The highest BCUT2D eigenvalue weighted by Crippen LogP contribution is 2.14. The van der Waals surface area contributed by atoms with E-state index in [4.69, 9.17) is 9.47 Å². The number of nitrogens with zero attached hydrogens (tertiary/aromatic N) is 2. The predicted molar refractivity (Wildman–Crippen MR) is 114 cm³/mol. The maximum atomic E-state index is 13.7. The molecule has 7 heteroatoms. The number of hydrogen-bond donors (Lipinski definition) is 1. The molecule has 0 aromatic heterocycles. The predicted octanol–water partition coefficient (Wildman–Crippen LogP) is 3.08. The molecule has 1 saturated heterocycles. The number of nitrogens with one attached hydrogen (secondary N) is 1. The van der Waals surface area contributed by atoms with Crippen molar-refractivity contribution in [3.63, 3.8) is 0 Å². The fraction of sp³-hybridized carbons (Fsp3) is 0.632. The van der Waals surface area contributed by atoms with Crippen molar-refractivity contribution in [1.29, 1.82) is 0 Å². The van der Waals surface area contributed by atoms with Crippen molar-refractivity contribution >= 4 is 29.9 Å². The summed E-state index contributed by atoms with van der Waals surface area (Å²) in [6.45, 7) is 4.02. The van der Waals surface area contributed by atoms with Crippen LogP contribution >= 0.6 is 24.0 Å². The fourth-order valence-corrected chi connectivity index (χ4v) is 3.03. The summed E-state index contributed by atoms with van der Waals surface area (Å²) in [4.78, 5) is 6.60. The number of methoxy groups -OCH3 is 1. The lowest BCUT2D eigenvalue weighted by molar-refractivity contribution is 0.00991. The van der Waals surface area contributed by atoms with Gasteiger partial charge >= 0.3 is 0 Å². The monoisotopic (exact) mass is 479 g/mol. The summed E-state index contributed by atoms with van der Waals surface area (Å²) in [7, 11) is 3.50. The molecule has 2 rings (SSSR count). The number of benzene rings is 1. The number of guanidine groups is 1. The van der Waals surface area contributed by atoms with Crippen LogP contribution in [0, 0.1) is 5.82 Å². The third kappa shape index (κ3) is 7.75. The Kier molecular flexibility index (Phi) is 11.8. The standard InChI is InChI=1S/C19H30FN3O2.HI/c1-21-19(22-11-8-16-6-3-4-7-18(16)20)23-12-9-17(10-13-23)25-15-5-14-24-2;/h3-4,6-7,17H,5,8-15H2,1-2H3,(H,21,22);1H. The minimum Gasteiger partial charge on any atom is -0.385 e. The summed E-state index contributed by atoms with van der Waals surface area (Å²) >= 11 is 0. The van der Waals surface area contributed by atoms with Crippen molar-refractivity contribution in [2.75, 3.05) is 47.0 Å². The third-order valence-corrected chi connectivity index (χ3v) is 4.43. The molecule has 1 fully saturated rings. The summed E-state index contributed by atoms with van der Waals surface area (Å²) in [5, 5.41) is 3.34. The molecule has 148 valence electrons. The first-order chi connectivity index (χ1) is 12.2. The van der Waals surface area contributed by atoms with Crippen LogP contribution in [0.1, 0.15) is 24.8 Å². The molecule has 26 heavy (non-hydrogen) atoms. The maximum Gasteiger partial charge on any atom is 0.193 e. The lowest BCUT2D eigenvalue weighted by Gasteiger charge is -2.34. The van der Waals surface area contributed by atoms with Crippen molar-refractivity contribution in [3.05, 3.63) is 35.6 Å². The summed E-state index contributed by atoms with van der Waals surface area (Å²) < 4.78 is 24.6. The summed E-state index contributed by atoms with van der Waals surface area (Å²) in [6, 6.07) is 6.91. The molecule has 1 aromatic rings. The van der Waals surface area contributed by atoms with Gasteiger partial charge in [-0.25, -0.2) is 4.39 Å². The van der Waals surface area contributed by atoms with E-state index in [2.05, 4.69) is 15.2 Å². The van der Waals surface area contributed by atoms with Gasteiger partial charge in [-0.1, -0.05) is 18.2 Å². The second-order valence-electron chi connectivity index (χ2n) is 6.22. The van der Waals surface area contributed by atoms with Crippen molar-refractivity contribution in [2.24, 2.45) is 4.99 Å². The Morgan fingerprint density at radius 1 is 1.27 bits per heavy atom. The molecule has 0 spiro atoms. The number of aliphatic imine (C=N–C) groups is 1. The van der Waals surface area contributed by atoms with Gasteiger partial charge in [-0.05, 0) is 37.3 Å². The van der Waals surface area contributed by atoms with E-state index >= 15 is 0 Å². The first kappa shape index (κ1) is 23.1. The van der Waals surface area contributed by atoms with Crippen LogP contribution in [0.5, 0.6) is 0 Å². The minimum atomic E-state index is -0.147. The summed E-state index contributed by atoms with van der Waals surface area (Å²) in [5.74, 6) is 0.736. The van der Waals surface area contributed by atoms with Crippen LogP contribution in [0.2, 0.25) is 0 Å². The Balaban J connectivity index is 0.00000338. The smallest absolute Gasteiger partial charge is 0.193 e. The van der Waals surface area contributed by atoms with Gasteiger partial charge in [0.05, 0.1) is 6.10 Å². The van der Waals surface area contributed by atoms with Crippen LogP contribution in [0.15, 0.2) is 29.3 Å². The van der Waals surface area contributed by atoms with Crippen molar-refractivity contribution in [3.8, 4) is 0 Å². The SMILES string of the molecule is CN=C(NCCc1ccccc1F)N1CCC(OCCCOC)CC1.I. The van der Waals surface area contributed by atoms with Crippen LogP contribution in [-0.2, 0) is 15.9 Å². The van der Waals surface area contributed by atoms with Crippen LogP contribution in [0.4, 0.5) is 4.39 Å². The average molecular weight is 479 g/mol. The quantitative estimate of drug-likeness (QED) is 0.270. The van der Waals surface area contributed by atoms with Gasteiger partial charge in [0.25, 0.3) is 0 Å². The van der Waals surface area contributed by atoms with Crippen LogP contribution in [0.3, 0.4) is 0 Å². The second-order valence-corrected chi connectivity index (χ2v) is 6.22. The molecule has 1 heterocycles. The van der Waals surface area contributed by atoms with Crippen LogP contribution in [0.25, 0.3) is 0 Å². The molecular formula is C19H31FIN3O2. The number of halogens is 2. The highest BCUT2D eigenvalue weighted by Gasteiger charge is 2.21. The van der Waals surface area contributed by atoms with Gasteiger partial charge in [-0.15, -0.1) is 24.0 Å². The second kappa shape index (κ2) is 13.3. The van der Waals surface area contributed by atoms with E-state index in [9.17, 15) is 4.39 Å². The summed E-state index contributed by atoms with van der Waals surface area (Å²) in [6.07, 6.45) is 3.91. The molecular weight excluding hydrogens is 448 g/mol. The average Bonchev–Trinajstić information content (AvgIpc) is 2.64. The highest BCUT2D eigenvalue weighted by atomic mass is 127. The molecule has 1 aromatic carbocycles. The van der Waals surface area contributed by atoms with Gasteiger partial charge in [-0.2, -0.15) is 0 Å². The molecule has 0 unspecified atom stereocenters. The molecule has 5 nitrogen and oxygen atoms in total. The topological polar surface area (TPSA) is 46.1 Å². The van der Waals surface area contributed by atoms with Crippen molar-refractivity contribution < 1.29 is 13.9 Å². The Bertz CT molecular complexity index is 537. The normalized spacial score (nSPS) is 15.7. The molecule has 0 radical (unpaired) electrons. The molecule has 0 aliphatic carbocycles. The Morgan fingerprint density at radius 2 is 2.00 bits per heavy atom. The Hall–Kier alpha value is -0.930. The third-order valence-electron chi connectivity index (χ3n) is 4.43. The van der Waals surface area contributed by atoms with Crippen LogP contribution in [-0.4, -0.2) is 64.0 Å². The molecule has 0 atom stereocenters. The zero-order chi connectivity index (χ0) is 17.9. The van der Waals surface area contributed by atoms with Gasteiger partial charge in [0, 0.05) is 47.0 Å². The van der Waals surface area contributed by atoms with E-state index in [0.29, 0.717) is 19.1 Å². The number of ether oxygens (including phenoxy) is 2. The zero-order valence-corrected chi connectivity index (χ0v) is 18.1. The van der Waals surface area contributed by atoms with E-state index in [0.717, 1.165) is 57.1 Å². The first-order valence-electron chi connectivity index (χ1n) is 9.04. The maximum absolute atomic E-state index is 13.7. The van der Waals surface area contributed by atoms with Crippen LogP contribution < -0.4 is 5.32 Å². The van der Waals surface area contributed by atoms with Crippen molar-refractivity contribution in [1.82, 2.24) is 10.2 Å². The number of hydrogen-bond acceptors (Lipinski definition) is 3. The molecule has 1 aliphatic rings. The molecule has 1 aliphatic heterocycles. The van der Waals surface area contributed by atoms with Gasteiger partial charge in [0.15, 0.2) is 5.96 Å². The number of likely N-dealkylation sites (tertiary alicyclic amines) is 1. The Morgan fingerprint density at radius 3 is 2.65 bits per heavy atom. The Labute approximate surface area is 173 Å². The largest absolute Gasteiger partial charge is 0.385 e. The molecule has 1 N–H and O–H groups in total. The van der Waals surface area contributed by atoms with E-state index in [1.165, 1.54) is 6.07 Å². The molecule has 0 saturated carbocycles. The van der Waals surface area contributed by atoms with Gasteiger partial charge < -0.3 is 19.7 Å².